The SMILES string of the molecule is CCN1CCC(CNC(=O)c2ccc(NC)nn2)C1. The lowest BCUT2D eigenvalue weighted by atomic mass is 10.1. The number of likely N-dealkylation sites (tertiary alicyclic amines) is 1. The average Bonchev–Trinajstić information content (AvgIpc) is 2.93. The van der Waals surface area contributed by atoms with Crippen LogP contribution in [0.3, 0.4) is 0 Å². The first kappa shape index (κ1) is 13.7. The minimum atomic E-state index is -0.148. The van der Waals surface area contributed by atoms with Gasteiger partial charge in [0.2, 0.25) is 0 Å². The maximum atomic E-state index is 11.9. The molecule has 0 aliphatic carbocycles. The molecular weight excluding hydrogens is 242 g/mol. The van der Waals surface area contributed by atoms with Crippen LogP contribution in [0.25, 0.3) is 0 Å². The van der Waals surface area contributed by atoms with Crippen molar-refractivity contribution in [2.45, 2.75) is 13.3 Å². The molecule has 0 spiro atoms. The Hall–Kier alpha value is -1.69. The molecule has 1 fully saturated rings. The Morgan fingerprint density at radius 1 is 1.47 bits per heavy atom. The molecule has 1 saturated heterocycles. The largest absolute Gasteiger partial charge is 0.372 e. The van der Waals surface area contributed by atoms with E-state index < -0.39 is 0 Å². The molecule has 104 valence electrons. The summed E-state index contributed by atoms with van der Waals surface area (Å²) in [6, 6.07) is 3.43. The predicted molar refractivity (Wildman–Crippen MR) is 74.1 cm³/mol. The second-order valence-electron chi connectivity index (χ2n) is 4.81. The van der Waals surface area contributed by atoms with Gasteiger partial charge in [-0.15, -0.1) is 10.2 Å². The van der Waals surface area contributed by atoms with Crippen LogP contribution in [-0.2, 0) is 0 Å². The third kappa shape index (κ3) is 3.64. The molecule has 2 rings (SSSR count). The van der Waals surface area contributed by atoms with Gasteiger partial charge in [0.25, 0.3) is 5.91 Å². The number of amides is 1. The van der Waals surface area contributed by atoms with Gasteiger partial charge in [0.05, 0.1) is 0 Å². The number of carbonyl (C=O) groups excluding carboxylic acids is 1. The highest BCUT2D eigenvalue weighted by atomic mass is 16.1. The first-order valence-corrected chi connectivity index (χ1v) is 6.75. The zero-order valence-electron chi connectivity index (χ0n) is 11.5. The Bertz CT molecular complexity index is 420. The summed E-state index contributed by atoms with van der Waals surface area (Å²) < 4.78 is 0. The number of aromatic nitrogens is 2. The molecular formula is C13H21N5O. The molecule has 6 nitrogen and oxygen atoms in total. The maximum absolute atomic E-state index is 11.9. The summed E-state index contributed by atoms with van der Waals surface area (Å²) in [5.41, 5.74) is 0.365. The Labute approximate surface area is 113 Å². The summed E-state index contributed by atoms with van der Waals surface area (Å²) in [6.45, 7) is 6.17. The van der Waals surface area contributed by atoms with E-state index in [0.717, 1.165) is 26.1 Å². The molecule has 1 aromatic rings. The number of hydrogen-bond acceptors (Lipinski definition) is 5. The molecule has 1 aromatic heterocycles. The van der Waals surface area contributed by atoms with Crippen LogP contribution in [0.15, 0.2) is 12.1 Å². The third-order valence-corrected chi connectivity index (χ3v) is 3.52. The molecule has 1 unspecified atom stereocenters. The average molecular weight is 263 g/mol. The van der Waals surface area contributed by atoms with E-state index in [0.29, 0.717) is 24.0 Å². The number of anilines is 1. The van der Waals surface area contributed by atoms with Crippen LogP contribution in [0.1, 0.15) is 23.8 Å². The van der Waals surface area contributed by atoms with E-state index in [1.807, 2.05) is 0 Å². The molecule has 1 amide bonds. The van der Waals surface area contributed by atoms with E-state index in [9.17, 15) is 4.79 Å². The quantitative estimate of drug-likeness (QED) is 0.813. The lowest BCUT2D eigenvalue weighted by Gasteiger charge is -2.13. The lowest BCUT2D eigenvalue weighted by molar-refractivity contribution is 0.0941. The van der Waals surface area contributed by atoms with E-state index in [1.165, 1.54) is 0 Å². The minimum Gasteiger partial charge on any atom is -0.372 e. The van der Waals surface area contributed by atoms with Crippen LogP contribution in [0.4, 0.5) is 5.82 Å². The normalized spacial score (nSPS) is 19.4. The van der Waals surface area contributed by atoms with Crippen molar-refractivity contribution in [3.63, 3.8) is 0 Å². The Morgan fingerprint density at radius 3 is 2.89 bits per heavy atom. The highest BCUT2D eigenvalue weighted by Gasteiger charge is 2.21. The van der Waals surface area contributed by atoms with Crippen molar-refractivity contribution in [2.75, 3.05) is 38.5 Å². The van der Waals surface area contributed by atoms with Gasteiger partial charge >= 0.3 is 0 Å². The molecule has 1 aliphatic heterocycles. The molecule has 1 atom stereocenters. The van der Waals surface area contributed by atoms with E-state index in [2.05, 4.69) is 32.7 Å². The summed E-state index contributed by atoms with van der Waals surface area (Å²) in [4.78, 5) is 14.3. The summed E-state index contributed by atoms with van der Waals surface area (Å²) in [5.74, 6) is 1.06. The van der Waals surface area contributed by atoms with Crippen molar-refractivity contribution in [2.24, 2.45) is 5.92 Å². The van der Waals surface area contributed by atoms with E-state index in [4.69, 9.17) is 0 Å². The molecule has 2 heterocycles. The van der Waals surface area contributed by atoms with Gasteiger partial charge in [-0.05, 0) is 37.6 Å². The second kappa shape index (κ2) is 6.47. The molecule has 0 saturated carbocycles. The van der Waals surface area contributed by atoms with Gasteiger partial charge in [-0.3, -0.25) is 4.79 Å². The number of nitrogens with zero attached hydrogens (tertiary/aromatic N) is 3. The van der Waals surface area contributed by atoms with E-state index >= 15 is 0 Å². The molecule has 19 heavy (non-hydrogen) atoms. The minimum absolute atomic E-state index is 0.148. The van der Waals surface area contributed by atoms with Gasteiger partial charge in [0.1, 0.15) is 5.82 Å². The third-order valence-electron chi connectivity index (χ3n) is 3.52. The van der Waals surface area contributed by atoms with Crippen molar-refractivity contribution < 1.29 is 4.79 Å². The Morgan fingerprint density at radius 2 is 2.32 bits per heavy atom. The first-order valence-electron chi connectivity index (χ1n) is 6.75. The molecule has 6 heteroatoms. The zero-order valence-corrected chi connectivity index (χ0v) is 11.5. The van der Waals surface area contributed by atoms with Gasteiger partial charge < -0.3 is 15.5 Å². The Kier molecular flexibility index (Phi) is 4.68. The number of hydrogen-bond donors (Lipinski definition) is 2. The van der Waals surface area contributed by atoms with Crippen molar-refractivity contribution in [3.05, 3.63) is 17.8 Å². The Balaban J connectivity index is 1.80. The van der Waals surface area contributed by atoms with Gasteiger partial charge in [-0.25, -0.2) is 0 Å². The van der Waals surface area contributed by atoms with E-state index in [-0.39, 0.29) is 5.91 Å². The summed E-state index contributed by atoms with van der Waals surface area (Å²) >= 11 is 0. The van der Waals surface area contributed by atoms with Crippen molar-refractivity contribution in [1.82, 2.24) is 20.4 Å². The first-order chi connectivity index (χ1) is 9.22. The molecule has 0 aromatic carbocycles. The van der Waals surface area contributed by atoms with Crippen LogP contribution in [0, 0.1) is 5.92 Å². The van der Waals surface area contributed by atoms with Gasteiger partial charge in [-0.2, -0.15) is 0 Å². The maximum Gasteiger partial charge on any atom is 0.271 e. The van der Waals surface area contributed by atoms with Crippen molar-refractivity contribution in [1.29, 1.82) is 0 Å². The molecule has 0 radical (unpaired) electrons. The molecule has 2 N–H and O–H groups in total. The lowest BCUT2D eigenvalue weighted by Crippen LogP contribution is -2.31. The predicted octanol–water partition coefficient (Wildman–Crippen LogP) is 0.590. The van der Waals surface area contributed by atoms with E-state index in [1.54, 1.807) is 19.2 Å². The van der Waals surface area contributed by atoms with Gasteiger partial charge in [-0.1, -0.05) is 6.92 Å². The van der Waals surface area contributed by atoms with Crippen LogP contribution in [0.5, 0.6) is 0 Å². The number of rotatable bonds is 5. The van der Waals surface area contributed by atoms with Gasteiger partial charge in [0.15, 0.2) is 5.69 Å². The molecule has 1 aliphatic rings. The van der Waals surface area contributed by atoms with Crippen LogP contribution in [-0.4, -0.2) is 54.2 Å². The standard InChI is InChI=1S/C13H21N5O/c1-3-18-7-6-10(9-18)8-15-13(19)11-4-5-12(14-2)17-16-11/h4-5,10H,3,6-9H2,1-2H3,(H,14,17)(H,15,19). The van der Waals surface area contributed by atoms with Crippen LogP contribution < -0.4 is 10.6 Å². The number of carbonyl (C=O) groups is 1. The fraction of sp³-hybridized carbons (Fsp3) is 0.615. The van der Waals surface area contributed by atoms with Crippen LogP contribution in [0.2, 0.25) is 0 Å². The highest BCUT2D eigenvalue weighted by molar-refractivity contribution is 5.92. The highest BCUT2D eigenvalue weighted by Crippen LogP contribution is 2.14. The van der Waals surface area contributed by atoms with Gasteiger partial charge in [0, 0.05) is 20.1 Å². The summed E-state index contributed by atoms with van der Waals surface area (Å²) in [5, 5.41) is 13.6. The zero-order chi connectivity index (χ0) is 13.7. The monoisotopic (exact) mass is 263 g/mol. The fourth-order valence-electron chi connectivity index (χ4n) is 2.28. The van der Waals surface area contributed by atoms with Crippen LogP contribution >= 0.6 is 0 Å². The van der Waals surface area contributed by atoms with Crippen molar-refractivity contribution in [3.8, 4) is 0 Å². The summed E-state index contributed by atoms with van der Waals surface area (Å²) in [6.07, 6.45) is 1.15. The molecule has 0 bridgehead atoms. The topological polar surface area (TPSA) is 70.2 Å². The smallest absolute Gasteiger partial charge is 0.271 e. The summed E-state index contributed by atoms with van der Waals surface area (Å²) in [7, 11) is 1.77. The number of nitrogens with one attached hydrogen (secondary N) is 2. The fourth-order valence-corrected chi connectivity index (χ4v) is 2.28. The van der Waals surface area contributed by atoms with Crippen molar-refractivity contribution >= 4 is 11.7 Å². The second-order valence-corrected chi connectivity index (χ2v) is 4.81.